The molecule has 0 aliphatic rings. The molecule has 0 unspecified atom stereocenters. The number of pyridine rings is 1. The Morgan fingerprint density at radius 2 is 1.87 bits per heavy atom. The Labute approximate surface area is 85.1 Å². The topological polar surface area (TPSA) is 87.2 Å². The van der Waals surface area contributed by atoms with Crippen LogP contribution >= 0.6 is 0 Å². The first-order valence-electron chi connectivity index (χ1n) is 4.08. The minimum Gasteiger partial charge on any atom is -0.321 e. The van der Waals surface area contributed by atoms with Crippen LogP contribution in [0, 0.1) is 0 Å². The van der Waals surface area contributed by atoms with E-state index in [1.807, 2.05) is 0 Å². The molecule has 0 atom stereocenters. The number of fused-ring (bicyclic) bond motifs is 1. The highest BCUT2D eigenvalue weighted by molar-refractivity contribution is 7.86. The van der Waals surface area contributed by atoms with Crippen LogP contribution in [0.2, 0.25) is 0 Å². The molecule has 5 nitrogen and oxygen atoms in total. The quantitative estimate of drug-likeness (QED) is 0.702. The third kappa shape index (κ3) is 1.77. The van der Waals surface area contributed by atoms with Gasteiger partial charge in [-0.05, 0) is 17.5 Å². The van der Waals surface area contributed by atoms with Crippen molar-refractivity contribution in [1.29, 1.82) is 0 Å². The zero-order valence-electron chi connectivity index (χ0n) is 7.47. The van der Waals surface area contributed by atoms with E-state index in [0.717, 1.165) is 0 Å². The Morgan fingerprint density at radius 3 is 2.53 bits per heavy atom. The Bertz CT molecular complexity index is 672. The van der Waals surface area contributed by atoms with Crippen molar-refractivity contribution in [3.05, 3.63) is 40.7 Å². The van der Waals surface area contributed by atoms with Gasteiger partial charge in [-0.1, -0.05) is 12.1 Å². The minimum atomic E-state index is -4.32. The molecule has 15 heavy (non-hydrogen) atoms. The number of rotatable bonds is 1. The Balaban J connectivity index is 2.99. The van der Waals surface area contributed by atoms with Crippen molar-refractivity contribution in [3.63, 3.8) is 0 Å². The Hall–Kier alpha value is -1.66. The van der Waals surface area contributed by atoms with Crippen LogP contribution in [0.4, 0.5) is 0 Å². The predicted octanol–water partition coefficient (Wildman–Crippen LogP) is 0.775. The molecule has 0 aliphatic heterocycles. The average Bonchev–Trinajstić information content (AvgIpc) is 2.15. The van der Waals surface area contributed by atoms with Crippen LogP contribution in [0.1, 0.15) is 0 Å². The summed E-state index contributed by atoms with van der Waals surface area (Å²) in [5.74, 6) is 0. The van der Waals surface area contributed by atoms with Crippen LogP contribution in [0.25, 0.3) is 10.9 Å². The SMILES string of the molecule is O=c1ccc2cccc(S(=O)(=O)O)c2[nH]1. The van der Waals surface area contributed by atoms with Gasteiger partial charge >= 0.3 is 0 Å². The highest BCUT2D eigenvalue weighted by Crippen LogP contribution is 2.18. The second-order valence-corrected chi connectivity index (χ2v) is 4.41. The second-order valence-electron chi connectivity index (χ2n) is 3.02. The number of nitrogens with one attached hydrogen (secondary N) is 1. The van der Waals surface area contributed by atoms with Gasteiger partial charge < -0.3 is 4.98 Å². The van der Waals surface area contributed by atoms with Crippen molar-refractivity contribution in [3.8, 4) is 0 Å². The largest absolute Gasteiger partial charge is 0.321 e. The maximum atomic E-state index is 11.0. The smallest absolute Gasteiger partial charge is 0.296 e. The van der Waals surface area contributed by atoms with Gasteiger partial charge in [-0.3, -0.25) is 9.35 Å². The third-order valence-electron chi connectivity index (χ3n) is 2.00. The average molecular weight is 225 g/mol. The third-order valence-corrected chi connectivity index (χ3v) is 2.89. The second kappa shape index (κ2) is 3.18. The van der Waals surface area contributed by atoms with Crippen molar-refractivity contribution >= 4 is 21.0 Å². The molecule has 0 spiro atoms. The Morgan fingerprint density at radius 1 is 1.13 bits per heavy atom. The lowest BCUT2D eigenvalue weighted by molar-refractivity contribution is 0.484. The van der Waals surface area contributed by atoms with Crippen molar-refractivity contribution < 1.29 is 13.0 Å². The standard InChI is InChI=1S/C9H7NO4S/c11-8-5-4-6-2-1-3-7(9(6)10-8)15(12,13)14/h1-5H,(H,10,11)(H,12,13,14). The molecule has 0 amide bonds. The highest BCUT2D eigenvalue weighted by Gasteiger charge is 2.13. The summed E-state index contributed by atoms with van der Waals surface area (Å²) < 4.78 is 30.9. The Kier molecular flexibility index (Phi) is 2.09. The van der Waals surface area contributed by atoms with Gasteiger partial charge in [-0.25, -0.2) is 0 Å². The van der Waals surface area contributed by atoms with Gasteiger partial charge in [-0.15, -0.1) is 0 Å². The zero-order valence-corrected chi connectivity index (χ0v) is 8.28. The first kappa shape index (κ1) is 9.88. The van der Waals surface area contributed by atoms with E-state index in [0.29, 0.717) is 5.39 Å². The number of aromatic amines is 1. The van der Waals surface area contributed by atoms with E-state index in [9.17, 15) is 13.2 Å². The molecule has 0 radical (unpaired) electrons. The normalized spacial score (nSPS) is 11.8. The monoisotopic (exact) mass is 225 g/mol. The first-order chi connectivity index (χ1) is 6.98. The summed E-state index contributed by atoms with van der Waals surface area (Å²) in [6.07, 6.45) is 0. The van der Waals surface area contributed by atoms with Crippen LogP contribution in [-0.2, 0) is 10.1 Å². The first-order valence-corrected chi connectivity index (χ1v) is 5.52. The molecule has 2 rings (SSSR count). The summed E-state index contributed by atoms with van der Waals surface area (Å²) >= 11 is 0. The predicted molar refractivity (Wildman–Crippen MR) is 54.4 cm³/mol. The van der Waals surface area contributed by atoms with Crippen molar-refractivity contribution in [2.24, 2.45) is 0 Å². The summed E-state index contributed by atoms with van der Waals surface area (Å²) in [5, 5.41) is 0.546. The van der Waals surface area contributed by atoms with Gasteiger partial charge in [0.15, 0.2) is 0 Å². The summed E-state index contributed by atoms with van der Waals surface area (Å²) in [7, 11) is -4.32. The molecular formula is C9H7NO4S. The molecular weight excluding hydrogens is 218 g/mol. The highest BCUT2D eigenvalue weighted by atomic mass is 32.2. The van der Waals surface area contributed by atoms with Gasteiger partial charge in [0.1, 0.15) is 4.90 Å². The molecule has 6 heteroatoms. The van der Waals surface area contributed by atoms with E-state index in [4.69, 9.17) is 4.55 Å². The lowest BCUT2D eigenvalue weighted by atomic mass is 10.2. The van der Waals surface area contributed by atoms with E-state index in [2.05, 4.69) is 4.98 Å². The lowest BCUT2D eigenvalue weighted by Crippen LogP contribution is -2.06. The number of H-pyrrole nitrogens is 1. The number of hydrogen-bond donors (Lipinski definition) is 2. The zero-order chi connectivity index (χ0) is 11.1. The van der Waals surface area contributed by atoms with Crippen molar-refractivity contribution in [2.45, 2.75) is 4.90 Å². The number of para-hydroxylation sites is 1. The van der Waals surface area contributed by atoms with Gasteiger partial charge in [0.25, 0.3) is 10.1 Å². The van der Waals surface area contributed by atoms with Crippen LogP contribution < -0.4 is 5.56 Å². The summed E-state index contributed by atoms with van der Waals surface area (Å²) in [4.78, 5) is 13.1. The molecule has 78 valence electrons. The number of aromatic nitrogens is 1. The van der Waals surface area contributed by atoms with Crippen molar-refractivity contribution in [2.75, 3.05) is 0 Å². The minimum absolute atomic E-state index is 0.118. The van der Waals surface area contributed by atoms with Crippen LogP contribution in [0.3, 0.4) is 0 Å². The van der Waals surface area contributed by atoms with Crippen molar-refractivity contribution in [1.82, 2.24) is 4.98 Å². The molecule has 1 aromatic carbocycles. The van der Waals surface area contributed by atoms with Crippen LogP contribution in [0.5, 0.6) is 0 Å². The molecule has 2 aromatic rings. The van der Waals surface area contributed by atoms with Crippen LogP contribution in [-0.4, -0.2) is 18.0 Å². The molecule has 0 fully saturated rings. The summed E-state index contributed by atoms with van der Waals surface area (Å²) in [5.41, 5.74) is -0.300. The molecule has 1 aromatic heterocycles. The van der Waals surface area contributed by atoms with E-state index in [1.165, 1.54) is 24.3 Å². The number of hydrogen-bond acceptors (Lipinski definition) is 3. The molecule has 1 heterocycles. The van der Waals surface area contributed by atoms with Gasteiger partial charge in [-0.2, -0.15) is 8.42 Å². The summed E-state index contributed by atoms with van der Waals surface area (Å²) in [6.45, 7) is 0. The van der Waals surface area contributed by atoms with Crippen LogP contribution in [0.15, 0.2) is 40.0 Å². The lowest BCUT2D eigenvalue weighted by Gasteiger charge is -2.02. The summed E-state index contributed by atoms with van der Waals surface area (Å²) in [6, 6.07) is 7.14. The van der Waals surface area contributed by atoms with Gasteiger partial charge in [0.2, 0.25) is 5.56 Å². The fourth-order valence-electron chi connectivity index (χ4n) is 1.37. The molecule has 0 saturated heterocycles. The molecule has 0 bridgehead atoms. The maximum Gasteiger partial charge on any atom is 0.296 e. The fraction of sp³-hybridized carbons (Fsp3) is 0. The number of benzene rings is 1. The van der Waals surface area contributed by atoms with E-state index < -0.39 is 15.7 Å². The molecule has 0 saturated carbocycles. The van der Waals surface area contributed by atoms with E-state index >= 15 is 0 Å². The molecule has 2 N–H and O–H groups in total. The van der Waals surface area contributed by atoms with Gasteiger partial charge in [0, 0.05) is 6.07 Å². The van der Waals surface area contributed by atoms with E-state index in [-0.39, 0.29) is 10.4 Å². The van der Waals surface area contributed by atoms with E-state index in [1.54, 1.807) is 6.07 Å². The molecule has 0 aliphatic carbocycles. The fourth-order valence-corrected chi connectivity index (χ4v) is 2.04. The maximum absolute atomic E-state index is 11.0. The van der Waals surface area contributed by atoms with Gasteiger partial charge in [0.05, 0.1) is 5.52 Å².